The summed E-state index contributed by atoms with van der Waals surface area (Å²) in [7, 11) is 3.77. The van der Waals surface area contributed by atoms with Gasteiger partial charge in [-0.2, -0.15) is 0 Å². The first-order valence-corrected chi connectivity index (χ1v) is 11.5. The van der Waals surface area contributed by atoms with Gasteiger partial charge in [-0.3, -0.25) is 9.69 Å². The number of benzene rings is 2. The summed E-state index contributed by atoms with van der Waals surface area (Å²) in [6.07, 6.45) is 1.49. The Hall–Kier alpha value is -2.83. The van der Waals surface area contributed by atoms with E-state index in [0.717, 1.165) is 30.7 Å². The Morgan fingerprint density at radius 2 is 1.91 bits per heavy atom. The van der Waals surface area contributed by atoms with Gasteiger partial charge in [0.05, 0.1) is 25.2 Å². The maximum absolute atomic E-state index is 13.7. The number of para-hydroxylation sites is 1. The van der Waals surface area contributed by atoms with Crippen LogP contribution in [-0.4, -0.2) is 53.5 Å². The lowest BCUT2D eigenvalue weighted by Crippen LogP contribution is -2.62. The summed E-state index contributed by atoms with van der Waals surface area (Å²) >= 11 is 0. The number of amides is 1. The number of carbonyl (C=O) groups excluding carboxylic acids is 1. The molecule has 2 saturated heterocycles. The number of nitrogens with zero attached hydrogens (tertiary/aromatic N) is 2. The number of hydrogen-bond acceptors (Lipinski definition) is 4. The average molecular weight is 432 g/mol. The standard InChI is InChI=1S/C26H29N3O3/c1-15-23-21(28(2)26(32-15)16-8-10-17(31-3)11-9-16)14-22-24-19(12-13-29(22)25(23)30)18-6-4-5-7-20(18)27-24/h4-11,15,21-23,26-27H,12-14H2,1-3H3/t15-,21-,22-,23-,26?/m0/s1. The molecule has 0 saturated carbocycles. The highest BCUT2D eigenvalue weighted by molar-refractivity contribution is 5.87. The molecule has 1 aromatic heterocycles. The Balaban J connectivity index is 1.36. The molecule has 3 aromatic rings. The lowest BCUT2D eigenvalue weighted by molar-refractivity contribution is -0.206. The van der Waals surface area contributed by atoms with Crippen molar-refractivity contribution in [2.24, 2.45) is 5.92 Å². The van der Waals surface area contributed by atoms with Crippen LogP contribution in [0, 0.1) is 5.92 Å². The van der Waals surface area contributed by atoms with Crippen LogP contribution in [0.3, 0.4) is 0 Å². The minimum atomic E-state index is -0.178. The maximum atomic E-state index is 13.7. The first-order valence-electron chi connectivity index (χ1n) is 11.5. The predicted octanol–water partition coefficient (Wildman–Crippen LogP) is 4.04. The largest absolute Gasteiger partial charge is 0.497 e. The van der Waals surface area contributed by atoms with E-state index in [1.165, 1.54) is 22.2 Å². The van der Waals surface area contributed by atoms with E-state index in [1.807, 2.05) is 12.1 Å². The SMILES string of the molecule is COc1ccc(C2O[C@@H](C)[C@@H]3C(=O)N4CCc5c([nH]c6ccccc56)[C@@H]4C[C@@H]3N2C)cc1. The van der Waals surface area contributed by atoms with E-state index in [0.29, 0.717) is 0 Å². The molecule has 6 rings (SSSR count). The molecule has 4 heterocycles. The van der Waals surface area contributed by atoms with Gasteiger partial charge >= 0.3 is 0 Å². The van der Waals surface area contributed by atoms with Gasteiger partial charge in [0.2, 0.25) is 5.91 Å². The smallest absolute Gasteiger partial charge is 0.230 e. The third kappa shape index (κ3) is 2.82. The van der Waals surface area contributed by atoms with Crippen LogP contribution in [0.1, 0.15) is 42.4 Å². The van der Waals surface area contributed by atoms with Gasteiger partial charge in [0.25, 0.3) is 0 Å². The summed E-state index contributed by atoms with van der Waals surface area (Å²) in [6.45, 7) is 2.83. The summed E-state index contributed by atoms with van der Waals surface area (Å²) in [4.78, 5) is 21.7. The van der Waals surface area contributed by atoms with E-state index in [9.17, 15) is 4.79 Å². The number of aromatic amines is 1. The molecular formula is C26H29N3O3. The van der Waals surface area contributed by atoms with E-state index >= 15 is 0 Å². The molecule has 2 aromatic carbocycles. The predicted molar refractivity (Wildman–Crippen MR) is 122 cm³/mol. The van der Waals surface area contributed by atoms with E-state index in [4.69, 9.17) is 9.47 Å². The number of fused-ring (bicyclic) bond motifs is 6. The normalized spacial score (nSPS) is 30.0. The highest BCUT2D eigenvalue weighted by Gasteiger charge is 2.52. The molecule has 6 heteroatoms. The van der Waals surface area contributed by atoms with Crippen molar-refractivity contribution in [1.82, 2.24) is 14.8 Å². The van der Waals surface area contributed by atoms with Gasteiger partial charge in [0, 0.05) is 29.2 Å². The Morgan fingerprint density at radius 1 is 1.12 bits per heavy atom. The monoisotopic (exact) mass is 431 g/mol. The number of piperidine rings is 1. The van der Waals surface area contributed by atoms with Crippen LogP contribution >= 0.6 is 0 Å². The lowest BCUT2D eigenvalue weighted by atomic mass is 9.78. The zero-order valence-corrected chi connectivity index (χ0v) is 18.7. The number of H-pyrrole nitrogens is 1. The molecule has 32 heavy (non-hydrogen) atoms. The van der Waals surface area contributed by atoms with Crippen LogP contribution < -0.4 is 4.74 Å². The van der Waals surface area contributed by atoms with Crippen molar-refractivity contribution in [3.63, 3.8) is 0 Å². The van der Waals surface area contributed by atoms with E-state index in [2.05, 4.69) is 65.2 Å². The van der Waals surface area contributed by atoms with Crippen molar-refractivity contribution >= 4 is 16.8 Å². The number of methoxy groups -OCH3 is 1. The molecule has 3 aliphatic heterocycles. The Bertz CT molecular complexity index is 1170. The van der Waals surface area contributed by atoms with Gasteiger partial charge in [0.15, 0.2) is 0 Å². The Labute approximate surface area is 188 Å². The number of hydrogen-bond donors (Lipinski definition) is 1. The Kier molecular flexibility index (Phi) is 4.56. The molecular weight excluding hydrogens is 402 g/mol. The fourth-order valence-corrected chi connectivity index (χ4v) is 6.13. The van der Waals surface area contributed by atoms with Gasteiger partial charge in [0.1, 0.15) is 12.0 Å². The zero-order valence-electron chi connectivity index (χ0n) is 18.7. The summed E-state index contributed by atoms with van der Waals surface area (Å²) in [5.41, 5.74) is 4.85. The van der Waals surface area contributed by atoms with Crippen molar-refractivity contribution in [2.45, 2.75) is 44.2 Å². The van der Waals surface area contributed by atoms with E-state index in [-0.39, 0.29) is 36.2 Å². The molecule has 3 aliphatic rings. The van der Waals surface area contributed by atoms with Gasteiger partial charge in [-0.1, -0.05) is 30.3 Å². The number of ether oxygens (including phenoxy) is 2. The molecule has 0 aliphatic carbocycles. The molecule has 1 unspecified atom stereocenters. The molecule has 0 radical (unpaired) electrons. The second-order valence-corrected chi connectivity index (χ2v) is 9.32. The van der Waals surface area contributed by atoms with Crippen LogP contribution in [0.15, 0.2) is 48.5 Å². The Morgan fingerprint density at radius 3 is 2.69 bits per heavy atom. The molecule has 0 bridgehead atoms. The topological polar surface area (TPSA) is 57.8 Å². The third-order valence-corrected chi connectivity index (χ3v) is 7.75. The summed E-state index contributed by atoms with van der Waals surface area (Å²) < 4.78 is 11.7. The number of nitrogens with one attached hydrogen (secondary N) is 1. The zero-order chi connectivity index (χ0) is 22.0. The number of rotatable bonds is 2. The second kappa shape index (κ2) is 7.36. The van der Waals surface area contributed by atoms with Crippen LogP contribution in [0.25, 0.3) is 10.9 Å². The number of aromatic nitrogens is 1. The van der Waals surface area contributed by atoms with Crippen molar-refractivity contribution in [2.75, 3.05) is 20.7 Å². The third-order valence-electron chi connectivity index (χ3n) is 7.75. The number of carbonyl (C=O) groups is 1. The highest BCUT2D eigenvalue weighted by Crippen LogP contribution is 2.47. The van der Waals surface area contributed by atoms with Crippen LogP contribution in [0.5, 0.6) is 5.75 Å². The minimum absolute atomic E-state index is 0.0872. The van der Waals surface area contributed by atoms with Gasteiger partial charge in [-0.05, 0) is 56.1 Å². The molecule has 166 valence electrons. The molecule has 6 nitrogen and oxygen atoms in total. The fraction of sp³-hybridized carbons (Fsp3) is 0.423. The second-order valence-electron chi connectivity index (χ2n) is 9.32. The first kappa shape index (κ1) is 19.8. The molecule has 1 amide bonds. The fourth-order valence-electron chi connectivity index (χ4n) is 6.13. The quantitative estimate of drug-likeness (QED) is 0.665. The lowest BCUT2D eigenvalue weighted by Gasteiger charge is -2.54. The van der Waals surface area contributed by atoms with Crippen molar-refractivity contribution in [3.8, 4) is 5.75 Å². The van der Waals surface area contributed by atoms with E-state index in [1.54, 1.807) is 7.11 Å². The van der Waals surface area contributed by atoms with Gasteiger partial charge in [-0.25, -0.2) is 0 Å². The summed E-state index contributed by atoms with van der Waals surface area (Å²) in [5.74, 6) is 0.912. The first-order chi connectivity index (χ1) is 15.6. The molecule has 2 fully saturated rings. The molecule has 1 N–H and O–H groups in total. The van der Waals surface area contributed by atoms with Crippen molar-refractivity contribution in [3.05, 3.63) is 65.4 Å². The summed E-state index contributed by atoms with van der Waals surface area (Å²) in [6, 6.07) is 16.7. The van der Waals surface area contributed by atoms with Crippen LogP contribution in [0.2, 0.25) is 0 Å². The minimum Gasteiger partial charge on any atom is -0.497 e. The molecule has 5 atom stereocenters. The van der Waals surface area contributed by atoms with Crippen molar-refractivity contribution < 1.29 is 14.3 Å². The average Bonchev–Trinajstić information content (AvgIpc) is 3.20. The van der Waals surface area contributed by atoms with Crippen molar-refractivity contribution in [1.29, 1.82) is 0 Å². The van der Waals surface area contributed by atoms with Crippen LogP contribution in [-0.2, 0) is 16.0 Å². The maximum Gasteiger partial charge on any atom is 0.230 e. The van der Waals surface area contributed by atoms with Gasteiger partial charge in [-0.15, -0.1) is 0 Å². The van der Waals surface area contributed by atoms with Crippen LogP contribution in [0.4, 0.5) is 0 Å². The van der Waals surface area contributed by atoms with Gasteiger partial charge < -0.3 is 19.4 Å². The highest BCUT2D eigenvalue weighted by atomic mass is 16.5. The summed E-state index contributed by atoms with van der Waals surface area (Å²) in [5, 5.41) is 1.29. The molecule has 0 spiro atoms. The van der Waals surface area contributed by atoms with E-state index < -0.39 is 0 Å².